The number of benzene rings is 2. The Bertz CT molecular complexity index is 859. The number of nitrogens with zero attached hydrogens (tertiary/aromatic N) is 1. The average molecular weight is 282 g/mol. The maximum Gasteiger partial charge on any atom is 0.272 e. The number of aromatic amines is 1. The second-order valence-electron chi connectivity index (χ2n) is 5.33. The molecule has 1 N–H and O–H groups in total. The molecule has 4 heteroatoms. The van der Waals surface area contributed by atoms with Crippen molar-refractivity contribution < 1.29 is 4.74 Å². The number of hydrogen-bond acceptors (Lipinski definition) is 2. The van der Waals surface area contributed by atoms with Crippen molar-refractivity contribution in [2.24, 2.45) is 0 Å². The zero-order valence-corrected chi connectivity index (χ0v) is 12.4. The van der Waals surface area contributed by atoms with Crippen LogP contribution in [0.5, 0.6) is 5.75 Å². The normalized spacial score (nSPS) is 11.0. The Kier molecular flexibility index (Phi) is 3.29. The highest BCUT2D eigenvalue weighted by molar-refractivity contribution is 5.80. The van der Waals surface area contributed by atoms with Crippen LogP contribution in [0.4, 0.5) is 0 Å². The predicted molar refractivity (Wildman–Crippen MR) is 84.1 cm³/mol. The third-order valence-corrected chi connectivity index (χ3v) is 3.89. The lowest BCUT2D eigenvalue weighted by Crippen LogP contribution is -2.07. The highest BCUT2D eigenvalue weighted by Gasteiger charge is 2.08. The fraction of sp³-hybridized carbons (Fsp3) is 0.235. The lowest BCUT2D eigenvalue weighted by Gasteiger charge is -2.08. The molecule has 21 heavy (non-hydrogen) atoms. The number of methoxy groups -OCH3 is 1. The maximum atomic E-state index is 12.0. The molecule has 0 unspecified atom stereocenters. The highest BCUT2D eigenvalue weighted by atomic mass is 16.5. The van der Waals surface area contributed by atoms with Crippen LogP contribution in [0.25, 0.3) is 10.9 Å². The molecule has 0 aliphatic carbocycles. The number of rotatable bonds is 3. The number of aryl methyl sites for hydroxylation is 2. The summed E-state index contributed by atoms with van der Waals surface area (Å²) in [5, 5.41) is 3.54. The monoisotopic (exact) mass is 282 g/mol. The Morgan fingerprint density at radius 3 is 2.62 bits per heavy atom. The molecular weight excluding hydrogens is 264 g/mol. The van der Waals surface area contributed by atoms with Gasteiger partial charge in [0.05, 0.1) is 24.6 Å². The minimum Gasteiger partial charge on any atom is -0.497 e. The fourth-order valence-electron chi connectivity index (χ4n) is 2.51. The van der Waals surface area contributed by atoms with Gasteiger partial charge in [0.15, 0.2) is 0 Å². The van der Waals surface area contributed by atoms with Crippen molar-refractivity contribution in [2.45, 2.75) is 20.4 Å². The van der Waals surface area contributed by atoms with Crippen molar-refractivity contribution in [3.63, 3.8) is 0 Å². The van der Waals surface area contributed by atoms with Crippen LogP contribution in [0.2, 0.25) is 0 Å². The van der Waals surface area contributed by atoms with Crippen molar-refractivity contribution in [3.05, 3.63) is 63.4 Å². The van der Waals surface area contributed by atoms with Gasteiger partial charge < -0.3 is 4.74 Å². The summed E-state index contributed by atoms with van der Waals surface area (Å²) < 4.78 is 7.05. The van der Waals surface area contributed by atoms with Crippen molar-refractivity contribution in [3.8, 4) is 5.75 Å². The van der Waals surface area contributed by atoms with Crippen molar-refractivity contribution >= 4 is 10.9 Å². The van der Waals surface area contributed by atoms with Crippen LogP contribution < -0.4 is 10.3 Å². The van der Waals surface area contributed by atoms with Gasteiger partial charge in [-0.05, 0) is 48.7 Å². The number of nitrogens with one attached hydrogen (secondary N) is 1. The molecule has 0 saturated heterocycles. The van der Waals surface area contributed by atoms with Crippen molar-refractivity contribution in [1.29, 1.82) is 0 Å². The van der Waals surface area contributed by atoms with E-state index in [9.17, 15) is 4.79 Å². The summed E-state index contributed by atoms with van der Waals surface area (Å²) in [5.41, 5.74) is 4.50. The summed E-state index contributed by atoms with van der Waals surface area (Å²) in [6.45, 7) is 4.84. The highest BCUT2D eigenvalue weighted by Crippen LogP contribution is 2.19. The largest absolute Gasteiger partial charge is 0.497 e. The Morgan fingerprint density at radius 2 is 1.90 bits per heavy atom. The van der Waals surface area contributed by atoms with Crippen LogP contribution in [0.15, 0.2) is 41.2 Å². The van der Waals surface area contributed by atoms with Gasteiger partial charge in [-0.2, -0.15) is 0 Å². The van der Waals surface area contributed by atoms with Gasteiger partial charge in [0, 0.05) is 0 Å². The number of aromatic nitrogens is 2. The molecule has 0 aliphatic rings. The van der Waals surface area contributed by atoms with Gasteiger partial charge in [0.1, 0.15) is 5.75 Å². The molecule has 4 nitrogen and oxygen atoms in total. The van der Waals surface area contributed by atoms with E-state index in [1.807, 2.05) is 16.8 Å². The lowest BCUT2D eigenvalue weighted by molar-refractivity contribution is 0.415. The summed E-state index contributed by atoms with van der Waals surface area (Å²) in [4.78, 5) is 12.0. The Labute approximate surface area is 123 Å². The topological polar surface area (TPSA) is 47.0 Å². The summed E-state index contributed by atoms with van der Waals surface area (Å²) in [6, 6.07) is 11.9. The van der Waals surface area contributed by atoms with E-state index in [2.05, 4.69) is 37.1 Å². The van der Waals surface area contributed by atoms with Gasteiger partial charge in [0.25, 0.3) is 5.56 Å². The van der Waals surface area contributed by atoms with Gasteiger partial charge in [-0.15, -0.1) is 0 Å². The smallest absolute Gasteiger partial charge is 0.272 e. The first-order valence-corrected chi connectivity index (χ1v) is 6.91. The van der Waals surface area contributed by atoms with Crippen LogP contribution in [-0.4, -0.2) is 16.9 Å². The van der Waals surface area contributed by atoms with Crippen molar-refractivity contribution in [2.75, 3.05) is 7.11 Å². The zero-order chi connectivity index (χ0) is 15.0. The number of hydrogen-bond donors (Lipinski definition) is 1. The summed E-state index contributed by atoms with van der Waals surface area (Å²) in [6.07, 6.45) is 0. The van der Waals surface area contributed by atoms with Gasteiger partial charge in [0.2, 0.25) is 0 Å². The first kappa shape index (κ1) is 13.5. The van der Waals surface area contributed by atoms with Gasteiger partial charge >= 0.3 is 0 Å². The van der Waals surface area contributed by atoms with E-state index < -0.39 is 0 Å². The molecule has 3 rings (SSSR count). The van der Waals surface area contributed by atoms with E-state index in [0.717, 1.165) is 5.52 Å². The fourth-order valence-corrected chi connectivity index (χ4v) is 2.51. The molecular formula is C17H18N2O2. The second kappa shape index (κ2) is 5.13. The third kappa shape index (κ3) is 2.44. The molecule has 0 spiro atoms. The third-order valence-electron chi connectivity index (χ3n) is 3.89. The van der Waals surface area contributed by atoms with Crippen LogP contribution in [0, 0.1) is 13.8 Å². The van der Waals surface area contributed by atoms with E-state index >= 15 is 0 Å². The van der Waals surface area contributed by atoms with Gasteiger partial charge in [-0.25, -0.2) is 0 Å². The molecule has 2 aromatic carbocycles. The molecule has 0 amide bonds. The molecule has 1 aromatic heterocycles. The summed E-state index contributed by atoms with van der Waals surface area (Å²) in [7, 11) is 1.60. The zero-order valence-electron chi connectivity index (χ0n) is 12.4. The SMILES string of the molecule is COc1ccc2c(c1)c(=O)[nH]n2Cc1ccc(C)c(C)c1. The van der Waals surface area contributed by atoms with E-state index in [0.29, 0.717) is 17.7 Å². The summed E-state index contributed by atoms with van der Waals surface area (Å²) >= 11 is 0. The van der Waals surface area contributed by atoms with Gasteiger partial charge in [-0.1, -0.05) is 18.2 Å². The number of ether oxygens (including phenoxy) is 1. The average Bonchev–Trinajstić information content (AvgIpc) is 2.79. The quantitative estimate of drug-likeness (QED) is 0.802. The lowest BCUT2D eigenvalue weighted by atomic mass is 10.1. The number of fused-ring (bicyclic) bond motifs is 1. The van der Waals surface area contributed by atoms with E-state index in [1.165, 1.54) is 16.7 Å². The first-order valence-electron chi connectivity index (χ1n) is 6.91. The van der Waals surface area contributed by atoms with Crippen LogP contribution in [-0.2, 0) is 6.54 Å². The minimum absolute atomic E-state index is 0.0901. The molecule has 3 aromatic rings. The van der Waals surface area contributed by atoms with Crippen LogP contribution >= 0.6 is 0 Å². The Balaban J connectivity index is 2.04. The molecule has 108 valence electrons. The summed E-state index contributed by atoms with van der Waals surface area (Å²) in [5.74, 6) is 0.692. The molecule has 1 heterocycles. The van der Waals surface area contributed by atoms with Crippen molar-refractivity contribution in [1.82, 2.24) is 9.78 Å². The van der Waals surface area contributed by atoms with Gasteiger partial charge in [-0.3, -0.25) is 14.6 Å². The number of H-pyrrole nitrogens is 1. The van der Waals surface area contributed by atoms with E-state index in [-0.39, 0.29) is 5.56 Å². The predicted octanol–water partition coefficient (Wildman–Crippen LogP) is 3.00. The standard InChI is InChI=1S/C17H18N2O2/c1-11-4-5-13(8-12(11)2)10-19-16-7-6-14(21-3)9-15(16)17(20)18-19/h4-9H,10H2,1-3H3,(H,18,20). The second-order valence-corrected chi connectivity index (χ2v) is 5.33. The molecule has 0 aliphatic heterocycles. The minimum atomic E-state index is -0.0901. The van der Waals surface area contributed by atoms with E-state index in [4.69, 9.17) is 4.74 Å². The molecule has 0 fully saturated rings. The molecule has 0 radical (unpaired) electrons. The Hall–Kier alpha value is -2.49. The maximum absolute atomic E-state index is 12.0. The first-order chi connectivity index (χ1) is 10.1. The molecule has 0 bridgehead atoms. The molecule has 0 saturated carbocycles. The Morgan fingerprint density at radius 1 is 1.10 bits per heavy atom. The van der Waals surface area contributed by atoms with E-state index in [1.54, 1.807) is 13.2 Å². The molecule has 0 atom stereocenters. The van der Waals surface area contributed by atoms with Crippen LogP contribution in [0.1, 0.15) is 16.7 Å². The van der Waals surface area contributed by atoms with Crippen LogP contribution in [0.3, 0.4) is 0 Å².